The zero-order chi connectivity index (χ0) is 9.54. The summed E-state index contributed by atoms with van der Waals surface area (Å²) in [6.07, 6.45) is 6.84. The van der Waals surface area contributed by atoms with E-state index in [1.54, 1.807) is 0 Å². The Hall–Kier alpha value is -0.830. The van der Waals surface area contributed by atoms with Gasteiger partial charge in [-0.1, -0.05) is 12.1 Å². The Morgan fingerprint density at radius 2 is 2.29 bits per heavy atom. The second-order valence-electron chi connectivity index (χ2n) is 4.64. The van der Waals surface area contributed by atoms with Crippen molar-refractivity contribution in [2.24, 2.45) is 5.92 Å². The van der Waals surface area contributed by atoms with Gasteiger partial charge in [-0.05, 0) is 25.2 Å². The monoisotopic (exact) mass is 192 g/mol. The molecule has 1 aromatic rings. The molecule has 2 aliphatic rings. The lowest BCUT2D eigenvalue weighted by Crippen LogP contribution is -2.31. The Labute approximate surface area is 83.9 Å². The molecule has 3 heteroatoms. The molecular formula is C11H16N2O. The van der Waals surface area contributed by atoms with E-state index in [9.17, 15) is 0 Å². The zero-order valence-electron chi connectivity index (χ0n) is 8.49. The minimum Gasteiger partial charge on any atom is -0.361 e. The smallest absolute Gasteiger partial charge is 0.141 e. The van der Waals surface area contributed by atoms with Crippen LogP contribution in [-0.4, -0.2) is 11.2 Å². The van der Waals surface area contributed by atoms with Gasteiger partial charge < -0.3 is 9.84 Å². The third-order valence-electron chi connectivity index (χ3n) is 3.40. The van der Waals surface area contributed by atoms with E-state index >= 15 is 0 Å². The molecule has 2 aliphatic carbocycles. The summed E-state index contributed by atoms with van der Waals surface area (Å²) in [5, 5.41) is 7.59. The van der Waals surface area contributed by atoms with Gasteiger partial charge in [0.25, 0.3) is 0 Å². The van der Waals surface area contributed by atoms with Gasteiger partial charge in [0.2, 0.25) is 0 Å². The van der Waals surface area contributed by atoms with Gasteiger partial charge in [-0.25, -0.2) is 0 Å². The van der Waals surface area contributed by atoms with Crippen LogP contribution < -0.4 is 5.32 Å². The SMILES string of the molecule is CC1CCc2oncc2C1NC1CC1. The van der Waals surface area contributed by atoms with Crippen LogP contribution in [0.5, 0.6) is 0 Å². The largest absolute Gasteiger partial charge is 0.361 e. The highest BCUT2D eigenvalue weighted by Crippen LogP contribution is 2.36. The summed E-state index contributed by atoms with van der Waals surface area (Å²) in [6, 6.07) is 1.24. The molecule has 14 heavy (non-hydrogen) atoms. The summed E-state index contributed by atoms with van der Waals surface area (Å²) in [6.45, 7) is 2.32. The van der Waals surface area contributed by atoms with E-state index in [0.717, 1.165) is 18.2 Å². The van der Waals surface area contributed by atoms with Gasteiger partial charge in [0.15, 0.2) is 0 Å². The molecule has 1 saturated carbocycles. The van der Waals surface area contributed by atoms with E-state index in [4.69, 9.17) is 4.52 Å². The minimum atomic E-state index is 0.484. The van der Waals surface area contributed by atoms with Crippen molar-refractivity contribution in [3.63, 3.8) is 0 Å². The van der Waals surface area contributed by atoms with Crippen LogP contribution in [0, 0.1) is 5.92 Å². The first-order valence-corrected chi connectivity index (χ1v) is 5.54. The van der Waals surface area contributed by atoms with Crippen molar-refractivity contribution < 1.29 is 4.52 Å². The maximum atomic E-state index is 5.25. The van der Waals surface area contributed by atoms with E-state index in [2.05, 4.69) is 17.4 Å². The third-order valence-corrected chi connectivity index (χ3v) is 3.40. The van der Waals surface area contributed by atoms with Crippen LogP contribution in [0.15, 0.2) is 10.7 Å². The second-order valence-corrected chi connectivity index (χ2v) is 4.64. The van der Waals surface area contributed by atoms with Crippen molar-refractivity contribution in [3.8, 4) is 0 Å². The average Bonchev–Trinajstić information content (AvgIpc) is 2.86. The first kappa shape index (κ1) is 8.48. The fraction of sp³-hybridized carbons (Fsp3) is 0.727. The molecule has 3 nitrogen and oxygen atoms in total. The summed E-state index contributed by atoms with van der Waals surface area (Å²) in [5.74, 6) is 1.81. The number of hydrogen-bond acceptors (Lipinski definition) is 3. The van der Waals surface area contributed by atoms with Crippen molar-refractivity contribution in [2.45, 2.75) is 44.7 Å². The lowest BCUT2D eigenvalue weighted by atomic mass is 9.85. The van der Waals surface area contributed by atoms with E-state index in [0.29, 0.717) is 12.0 Å². The number of aromatic nitrogens is 1. The van der Waals surface area contributed by atoms with Crippen molar-refractivity contribution in [3.05, 3.63) is 17.5 Å². The van der Waals surface area contributed by atoms with Gasteiger partial charge >= 0.3 is 0 Å². The molecule has 0 amide bonds. The normalized spacial score (nSPS) is 31.5. The first-order valence-electron chi connectivity index (χ1n) is 5.54. The predicted molar refractivity (Wildman–Crippen MR) is 52.9 cm³/mol. The fourth-order valence-corrected chi connectivity index (χ4v) is 2.31. The minimum absolute atomic E-state index is 0.484. The molecule has 0 radical (unpaired) electrons. The fourth-order valence-electron chi connectivity index (χ4n) is 2.31. The zero-order valence-corrected chi connectivity index (χ0v) is 8.49. The van der Waals surface area contributed by atoms with Crippen LogP contribution in [0.1, 0.15) is 43.6 Å². The Kier molecular flexibility index (Phi) is 1.87. The Morgan fingerprint density at radius 3 is 3.07 bits per heavy atom. The molecule has 1 aromatic heterocycles. The number of rotatable bonds is 2. The number of nitrogens with one attached hydrogen (secondary N) is 1. The average molecular weight is 192 g/mol. The van der Waals surface area contributed by atoms with Gasteiger partial charge in [0.1, 0.15) is 5.76 Å². The number of hydrogen-bond donors (Lipinski definition) is 1. The van der Waals surface area contributed by atoms with Crippen molar-refractivity contribution in [2.75, 3.05) is 0 Å². The van der Waals surface area contributed by atoms with Gasteiger partial charge in [-0.15, -0.1) is 0 Å². The summed E-state index contributed by atoms with van der Waals surface area (Å²) >= 11 is 0. The van der Waals surface area contributed by atoms with Crippen LogP contribution >= 0.6 is 0 Å². The molecule has 1 fully saturated rings. The third kappa shape index (κ3) is 1.36. The number of fused-ring (bicyclic) bond motifs is 1. The molecule has 0 bridgehead atoms. The van der Waals surface area contributed by atoms with Gasteiger partial charge in [-0.2, -0.15) is 0 Å². The summed E-state index contributed by atoms with van der Waals surface area (Å²) in [7, 11) is 0. The maximum absolute atomic E-state index is 5.25. The highest BCUT2D eigenvalue weighted by Gasteiger charge is 2.33. The van der Waals surface area contributed by atoms with Crippen molar-refractivity contribution >= 4 is 0 Å². The lowest BCUT2D eigenvalue weighted by Gasteiger charge is -2.28. The molecule has 3 rings (SSSR count). The number of aryl methyl sites for hydroxylation is 1. The van der Waals surface area contributed by atoms with E-state index in [1.807, 2.05) is 6.20 Å². The molecule has 0 aromatic carbocycles. The molecule has 1 N–H and O–H groups in total. The number of nitrogens with zero attached hydrogens (tertiary/aromatic N) is 1. The summed E-state index contributed by atoms with van der Waals surface area (Å²) in [5.41, 5.74) is 1.30. The van der Waals surface area contributed by atoms with E-state index in [1.165, 1.54) is 24.8 Å². The van der Waals surface area contributed by atoms with Crippen molar-refractivity contribution in [1.29, 1.82) is 0 Å². The molecule has 76 valence electrons. The Morgan fingerprint density at radius 1 is 1.43 bits per heavy atom. The van der Waals surface area contributed by atoms with Crippen LogP contribution in [0.3, 0.4) is 0 Å². The van der Waals surface area contributed by atoms with Gasteiger partial charge in [0.05, 0.1) is 6.20 Å². The quantitative estimate of drug-likeness (QED) is 0.779. The Bertz CT molecular complexity index is 330. The molecule has 0 aliphatic heterocycles. The summed E-state index contributed by atoms with van der Waals surface area (Å²) < 4.78 is 5.25. The van der Waals surface area contributed by atoms with Crippen LogP contribution in [0.2, 0.25) is 0 Å². The molecule has 2 unspecified atom stereocenters. The standard InChI is InChI=1S/C11H16N2O/c1-7-2-5-10-9(6-12-14-10)11(7)13-8-3-4-8/h6-8,11,13H,2-5H2,1H3. The molecule has 0 saturated heterocycles. The van der Waals surface area contributed by atoms with Gasteiger partial charge in [0, 0.05) is 24.1 Å². The predicted octanol–water partition coefficient (Wildman–Crippen LogP) is 2.05. The lowest BCUT2D eigenvalue weighted by molar-refractivity contribution is 0.303. The molecule has 2 atom stereocenters. The highest BCUT2D eigenvalue weighted by atomic mass is 16.5. The summed E-state index contributed by atoms with van der Waals surface area (Å²) in [4.78, 5) is 0. The second kappa shape index (κ2) is 3.09. The van der Waals surface area contributed by atoms with Crippen LogP contribution in [-0.2, 0) is 6.42 Å². The van der Waals surface area contributed by atoms with E-state index < -0.39 is 0 Å². The molecule has 0 spiro atoms. The molecule has 1 heterocycles. The first-order chi connectivity index (χ1) is 6.84. The Balaban J connectivity index is 1.86. The van der Waals surface area contributed by atoms with Crippen LogP contribution in [0.4, 0.5) is 0 Å². The molecular weight excluding hydrogens is 176 g/mol. The topological polar surface area (TPSA) is 38.1 Å². The van der Waals surface area contributed by atoms with E-state index in [-0.39, 0.29) is 0 Å². The highest BCUT2D eigenvalue weighted by molar-refractivity contribution is 5.23. The van der Waals surface area contributed by atoms with Gasteiger partial charge in [-0.3, -0.25) is 0 Å². The maximum Gasteiger partial charge on any atom is 0.141 e. The van der Waals surface area contributed by atoms with Crippen molar-refractivity contribution in [1.82, 2.24) is 10.5 Å². The van der Waals surface area contributed by atoms with Crippen LogP contribution in [0.25, 0.3) is 0 Å².